The number of ether oxygens (including phenoxy) is 1. The number of hydrogen-bond acceptors (Lipinski definition) is 7. The van der Waals surface area contributed by atoms with Gasteiger partial charge in [0.05, 0.1) is 22.2 Å². The van der Waals surface area contributed by atoms with Gasteiger partial charge in [-0.15, -0.1) is 10.2 Å². The number of anilines is 1. The molecule has 0 spiro atoms. The summed E-state index contributed by atoms with van der Waals surface area (Å²) in [5.74, 6) is -0.690. The number of carbonyl (C=O) groups excluding carboxylic acids is 1. The second-order valence-electron chi connectivity index (χ2n) is 8.09. The predicted octanol–water partition coefficient (Wildman–Crippen LogP) is 7.47. The Kier molecular flexibility index (Phi) is 7.89. The van der Waals surface area contributed by atoms with Gasteiger partial charge in [0.15, 0.2) is 5.75 Å². The second-order valence-corrected chi connectivity index (χ2v) is 10.3. The minimum atomic E-state index is -4.61. The van der Waals surface area contributed by atoms with E-state index in [0.29, 0.717) is 39.4 Å². The minimum Gasteiger partial charge on any atom is -0.505 e. The fraction of sp³-hybridized carbons (Fsp3) is 0.115. The summed E-state index contributed by atoms with van der Waals surface area (Å²) in [5.41, 5.74) is 0.719. The number of carbonyl (C=O) groups is 1. The van der Waals surface area contributed by atoms with Crippen LogP contribution in [0.1, 0.15) is 22.8 Å². The average molecular weight is 574 g/mol. The molecule has 0 aliphatic heterocycles. The third kappa shape index (κ3) is 5.58. The normalized spacial score (nSPS) is 11.7. The SMILES string of the molecule is CCOc1cc(NC(=O)c2cc3ccccc3c(N=Nc3c(C)ccc(S(=O)(=O)O)c3Cl)c2O)ccc1Cl. The zero-order valence-electron chi connectivity index (χ0n) is 20.1. The van der Waals surface area contributed by atoms with Crippen molar-refractivity contribution >= 4 is 67.1 Å². The van der Waals surface area contributed by atoms with E-state index in [4.69, 9.17) is 27.9 Å². The topological polar surface area (TPSA) is 138 Å². The molecule has 0 bridgehead atoms. The van der Waals surface area contributed by atoms with Gasteiger partial charge in [-0.3, -0.25) is 9.35 Å². The summed E-state index contributed by atoms with van der Waals surface area (Å²) in [4.78, 5) is 12.7. The van der Waals surface area contributed by atoms with Crippen LogP contribution in [0.2, 0.25) is 10.0 Å². The van der Waals surface area contributed by atoms with Gasteiger partial charge >= 0.3 is 0 Å². The molecule has 9 nitrogen and oxygen atoms in total. The van der Waals surface area contributed by atoms with Crippen LogP contribution in [0.4, 0.5) is 17.1 Å². The molecule has 38 heavy (non-hydrogen) atoms. The van der Waals surface area contributed by atoms with Crippen molar-refractivity contribution in [2.45, 2.75) is 18.7 Å². The Morgan fingerprint density at radius 1 is 1.03 bits per heavy atom. The van der Waals surface area contributed by atoms with Crippen molar-refractivity contribution in [2.24, 2.45) is 10.2 Å². The number of aryl methyl sites for hydroxylation is 1. The first kappa shape index (κ1) is 27.3. The second kappa shape index (κ2) is 11.0. The van der Waals surface area contributed by atoms with Crippen molar-refractivity contribution in [2.75, 3.05) is 11.9 Å². The monoisotopic (exact) mass is 573 g/mol. The number of nitrogens with zero attached hydrogens (tertiary/aromatic N) is 2. The lowest BCUT2D eigenvalue weighted by Crippen LogP contribution is -2.12. The maximum Gasteiger partial charge on any atom is 0.296 e. The van der Waals surface area contributed by atoms with E-state index in [0.717, 1.165) is 6.07 Å². The Morgan fingerprint density at radius 2 is 1.74 bits per heavy atom. The molecule has 0 atom stereocenters. The number of nitrogens with one attached hydrogen (secondary N) is 1. The largest absolute Gasteiger partial charge is 0.505 e. The number of aromatic hydroxyl groups is 1. The molecular weight excluding hydrogens is 553 g/mol. The van der Waals surface area contributed by atoms with Crippen molar-refractivity contribution in [1.82, 2.24) is 0 Å². The molecular formula is C26H21Cl2N3O6S. The highest BCUT2D eigenvalue weighted by Crippen LogP contribution is 2.42. The minimum absolute atomic E-state index is 0.0234. The van der Waals surface area contributed by atoms with Gasteiger partial charge in [-0.25, -0.2) is 0 Å². The Bertz CT molecular complexity index is 1710. The van der Waals surface area contributed by atoms with Crippen LogP contribution in [0.15, 0.2) is 75.8 Å². The summed E-state index contributed by atoms with van der Waals surface area (Å²) in [7, 11) is -4.61. The maximum absolute atomic E-state index is 13.2. The molecule has 0 saturated heterocycles. The number of phenols is 1. The molecule has 0 radical (unpaired) electrons. The maximum atomic E-state index is 13.2. The Labute approximate surface area is 228 Å². The lowest BCUT2D eigenvalue weighted by atomic mass is 10.0. The molecule has 3 N–H and O–H groups in total. The molecule has 0 saturated carbocycles. The predicted molar refractivity (Wildman–Crippen MR) is 146 cm³/mol. The molecule has 196 valence electrons. The first-order valence-corrected chi connectivity index (χ1v) is 13.4. The van der Waals surface area contributed by atoms with Crippen molar-refractivity contribution in [3.05, 3.63) is 81.8 Å². The highest BCUT2D eigenvalue weighted by Gasteiger charge is 2.21. The van der Waals surface area contributed by atoms with Gasteiger partial charge in [-0.05, 0) is 49.1 Å². The average Bonchev–Trinajstić information content (AvgIpc) is 2.86. The van der Waals surface area contributed by atoms with Crippen molar-refractivity contribution in [3.8, 4) is 11.5 Å². The van der Waals surface area contributed by atoms with Gasteiger partial charge in [-0.2, -0.15) is 8.42 Å². The van der Waals surface area contributed by atoms with Crippen LogP contribution in [0.5, 0.6) is 11.5 Å². The number of amides is 1. The van der Waals surface area contributed by atoms with Gasteiger partial charge in [-0.1, -0.05) is 53.5 Å². The van der Waals surface area contributed by atoms with E-state index in [1.807, 2.05) is 0 Å². The number of fused-ring (bicyclic) bond motifs is 1. The van der Waals surface area contributed by atoms with Crippen molar-refractivity contribution < 1.29 is 27.6 Å². The summed E-state index contributed by atoms with van der Waals surface area (Å²) in [6, 6.07) is 15.7. The van der Waals surface area contributed by atoms with Gasteiger partial charge in [0, 0.05) is 17.1 Å². The molecule has 0 heterocycles. The van der Waals surface area contributed by atoms with E-state index in [-0.39, 0.29) is 22.0 Å². The van der Waals surface area contributed by atoms with E-state index in [1.165, 1.54) is 12.1 Å². The highest BCUT2D eigenvalue weighted by atomic mass is 35.5. The standard InChI is InChI=1S/C26H21Cl2N3O6S/c1-3-37-20-13-16(9-10-19(20)27)29-26(33)18-12-15-6-4-5-7-17(15)24(25(18)32)31-30-23-14(2)8-11-21(22(23)28)38(34,35)36/h4-13,32H,3H2,1-2H3,(H,29,33)(H,34,35,36). The van der Waals surface area contributed by atoms with Crippen LogP contribution in [-0.4, -0.2) is 30.6 Å². The third-order valence-electron chi connectivity index (χ3n) is 5.54. The van der Waals surface area contributed by atoms with Gasteiger partial charge in [0.25, 0.3) is 16.0 Å². The number of azo groups is 1. The molecule has 4 rings (SSSR count). The van der Waals surface area contributed by atoms with E-state index in [2.05, 4.69) is 15.5 Å². The van der Waals surface area contributed by atoms with Crippen LogP contribution in [-0.2, 0) is 10.1 Å². The van der Waals surface area contributed by atoms with Crippen molar-refractivity contribution in [3.63, 3.8) is 0 Å². The lowest BCUT2D eigenvalue weighted by molar-refractivity contribution is 0.102. The third-order valence-corrected chi connectivity index (χ3v) is 7.24. The van der Waals surface area contributed by atoms with Gasteiger partial charge in [0.2, 0.25) is 0 Å². The lowest BCUT2D eigenvalue weighted by Gasteiger charge is -2.13. The molecule has 4 aromatic carbocycles. The van der Waals surface area contributed by atoms with E-state index >= 15 is 0 Å². The molecule has 1 amide bonds. The van der Waals surface area contributed by atoms with Crippen LogP contribution >= 0.6 is 23.2 Å². The first-order valence-electron chi connectivity index (χ1n) is 11.2. The molecule has 0 unspecified atom stereocenters. The molecule has 0 aromatic heterocycles. The summed E-state index contributed by atoms with van der Waals surface area (Å²) in [5, 5.41) is 23.1. The molecule has 0 aliphatic rings. The van der Waals surface area contributed by atoms with Gasteiger partial charge < -0.3 is 15.2 Å². The van der Waals surface area contributed by atoms with Crippen LogP contribution in [0.25, 0.3) is 10.8 Å². The Hall–Kier alpha value is -3.70. The summed E-state index contributed by atoms with van der Waals surface area (Å²) >= 11 is 12.3. The number of hydrogen-bond donors (Lipinski definition) is 3. The quantitative estimate of drug-likeness (QED) is 0.155. The number of benzene rings is 4. The van der Waals surface area contributed by atoms with E-state index in [1.54, 1.807) is 56.3 Å². The fourth-order valence-electron chi connectivity index (χ4n) is 3.70. The summed E-state index contributed by atoms with van der Waals surface area (Å²) in [6.07, 6.45) is 0. The zero-order chi connectivity index (χ0) is 27.6. The Morgan fingerprint density at radius 3 is 2.45 bits per heavy atom. The number of phenolic OH excluding ortho intramolecular Hbond substituents is 1. The summed E-state index contributed by atoms with van der Waals surface area (Å²) < 4.78 is 38.2. The summed E-state index contributed by atoms with van der Waals surface area (Å²) in [6.45, 7) is 3.81. The molecule has 0 fully saturated rings. The molecule has 12 heteroatoms. The van der Waals surface area contributed by atoms with Crippen LogP contribution in [0, 0.1) is 6.92 Å². The van der Waals surface area contributed by atoms with Crippen LogP contribution < -0.4 is 10.1 Å². The number of rotatable bonds is 7. The fourth-order valence-corrected chi connectivity index (χ4v) is 4.98. The van der Waals surface area contributed by atoms with Crippen molar-refractivity contribution in [1.29, 1.82) is 0 Å². The van der Waals surface area contributed by atoms with Crippen LogP contribution in [0.3, 0.4) is 0 Å². The smallest absolute Gasteiger partial charge is 0.296 e. The van der Waals surface area contributed by atoms with E-state index in [9.17, 15) is 22.9 Å². The zero-order valence-corrected chi connectivity index (χ0v) is 22.4. The number of halogens is 2. The molecule has 4 aromatic rings. The first-order chi connectivity index (χ1) is 18.0. The van der Waals surface area contributed by atoms with Gasteiger partial charge in [0.1, 0.15) is 22.0 Å². The Balaban J connectivity index is 1.80. The highest BCUT2D eigenvalue weighted by molar-refractivity contribution is 7.86. The molecule has 0 aliphatic carbocycles. The van der Waals surface area contributed by atoms with E-state index < -0.39 is 26.7 Å².